The Kier molecular flexibility index (Phi) is 5.84. The monoisotopic (exact) mass is 478 g/mol. The molecule has 29 heavy (non-hydrogen) atoms. The molecule has 10 heteroatoms. The molecule has 1 saturated heterocycles. The zero-order valence-electron chi connectivity index (χ0n) is 16.1. The van der Waals surface area contributed by atoms with Gasteiger partial charge >= 0.3 is 0 Å². The molecular weight excluding hydrogens is 456 g/mol. The van der Waals surface area contributed by atoms with Crippen LogP contribution in [0.3, 0.4) is 0 Å². The van der Waals surface area contributed by atoms with Crippen LogP contribution in [-0.4, -0.2) is 51.1 Å². The van der Waals surface area contributed by atoms with Crippen molar-refractivity contribution in [3.8, 4) is 0 Å². The van der Waals surface area contributed by atoms with Crippen LogP contribution in [0.5, 0.6) is 0 Å². The smallest absolute Gasteiger partial charge is 0.213 e. The van der Waals surface area contributed by atoms with Crippen LogP contribution >= 0.6 is 15.9 Å². The molecule has 0 amide bonds. The van der Waals surface area contributed by atoms with Crippen LogP contribution in [0, 0.1) is 0 Å². The van der Waals surface area contributed by atoms with Gasteiger partial charge < -0.3 is 5.32 Å². The van der Waals surface area contributed by atoms with Gasteiger partial charge in [0, 0.05) is 49.7 Å². The second-order valence-electron chi connectivity index (χ2n) is 7.08. The van der Waals surface area contributed by atoms with Crippen LogP contribution < -0.4 is 5.32 Å². The third kappa shape index (κ3) is 4.29. The largest absolute Gasteiger partial charge is 0.366 e. The van der Waals surface area contributed by atoms with Crippen molar-refractivity contribution in [1.82, 2.24) is 23.9 Å². The predicted molar refractivity (Wildman–Crippen MR) is 115 cm³/mol. The average molecular weight is 479 g/mol. The lowest BCUT2D eigenvalue weighted by Gasteiger charge is -2.30. The van der Waals surface area contributed by atoms with Crippen molar-refractivity contribution >= 4 is 37.4 Å². The number of piperidine rings is 1. The molecule has 0 atom stereocenters. The first-order chi connectivity index (χ1) is 14.0. The molecule has 154 valence electrons. The molecule has 0 spiro atoms. The molecule has 3 aromatic heterocycles. The van der Waals surface area contributed by atoms with Gasteiger partial charge in [-0.2, -0.15) is 9.61 Å². The Bertz CT molecular complexity index is 1090. The normalized spacial score (nSPS) is 16.3. The maximum Gasteiger partial charge on any atom is 0.213 e. The van der Waals surface area contributed by atoms with Crippen molar-refractivity contribution in [3.05, 3.63) is 52.5 Å². The number of fused-ring (bicyclic) bond motifs is 1. The molecule has 0 bridgehead atoms. The number of halogens is 1. The minimum absolute atomic E-state index is 0.146. The maximum atomic E-state index is 12.1. The van der Waals surface area contributed by atoms with Gasteiger partial charge in [0.2, 0.25) is 10.0 Å². The van der Waals surface area contributed by atoms with Gasteiger partial charge in [0.25, 0.3) is 0 Å². The Labute approximate surface area is 178 Å². The van der Waals surface area contributed by atoms with Gasteiger partial charge in [-0.05, 0) is 47.3 Å². The van der Waals surface area contributed by atoms with Gasteiger partial charge in [-0.25, -0.2) is 17.7 Å². The molecular formula is C19H23BrN6O2S. The van der Waals surface area contributed by atoms with Crippen LogP contribution in [0.2, 0.25) is 0 Å². The van der Waals surface area contributed by atoms with Crippen LogP contribution in [0.15, 0.2) is 41.3 Å². The summed E-state index contributed by atoms with van der Waals surface area (Å²) in [5.74, 6) is 1.21. The lowest BCUT2D eigenvalue weighted by atomic mass is 9.94. The highest BCUT2D eigenvalue weighted by molar-refractivity contribution is 9.10. The van der Waals surface area contributed by atoms with Gasteiger partial charge in [-0.3, -0.25) is 4.98 Å². The van der Waals surface area contributed by atoms with Gasteiger partial charge in [-0.1, -0.05) is 6.07 Å². The van der Waals surface area contributed by atoms with Gasteiger partial charge in [0.1, 0.15) is 5.82 Å². The molecule has 1 aliphatic heterocycles. The summed E-state index contributed by atoms with van der Waals surface area (Å²) < 4.78 is 28.5. The minimum Gasteiger partial charge on any atom is -0.366 e. The summed E-state index contributed by atoms with van der Waals surface area (Å²) in [5, 5.41) is 7.85. The van der Waals surface area contributed by atoms with E-state index in [2.05, 4.69) is 31.3 Å². The third-order valence-corrected chi connectivity index (χ3v) is 7.72. The molecule has 1 N–H and O–H groups in total. The first kappa shape index (κ1) is 20.2. The number of hydrogen-bond donors (Lipinski definition) is 1. The molecule has 3 aromatic rings. The third-order valence-electron chi connectivity index (χ3n) is 5.28. The number of sulfonamides is 1. The van der Waals surface area contributed by atoms with E-state index in [4.69, 9.17) is 4.98 Å². The van der Waals surface area contributed by atoms with E-state index in [0.29, 0.717) is 19.6 Å². The SMILES string of the molecule is CCS(=O)(=O)N1CCC(c2cc(NCc3cccnc3)n3ncc(Br)c3n2)CC1. The molecule has 4 heterocycles. The summed E-state index contributed by atoms with van der Waals surface area (Å²) in [6.45, 7) is 3.38. The van der Waals surface area contributed by atoms with E-state index in [1.807, 2.05) is 24.4 Å². The molecule has 1 fully saturated rings. The molecule has 0 unspecified atom stereocenters. The highest BCUT2D eigenvalue weighted by Gasteiger charge is 2.28. The highest BCUT2D eigenvalue weighted by Crippen LogP contribution is 2.31. The Morgan fingerprint density at radius 3 is 2.76 bits per heavy atom. The first-order valence-corrected chi connectivity index (χ1v) is 12.0. The number of nitrogens with one attached hydrogen (secondary N) is 1. The summed E-state index contributed by atoms with van der Waals surface area (Å²) in [4.78, 5) is 8.97. The summed E-state index contributed by atoms with van der Waals surface area (Å²) >= 11 is 3.53. The zero-order chi connectivity index (χ0) is 20.4. The van der Waals surface area contributed by atoms with Crippen LogP contribution in [-0.2, 0) is 16.6 Å². The van der Waals surface area contributed by atoms with E-state index in [1.54, 1.807) is 28.1 Å². The van der Waals surface area contributed by atoms with Crippen molar-refractivity contribution in [2.24, 2.45) is 0 Å². The fourth-order valence-corrected chi connectivity index (χ4v) is 5.08. The van der Waals surface area contributed by atoms with Gasteiger partial charge in [-0.15, -0.1) is 0 Å². The summed E-state index contributed by atoms with van der Waals surface area (Å²) in [5.41, 5.74) is 2.78. The number of nitrogens with zero attached hydrogens (tertiary/aromatic N) is 5. The predicted octanol–water partition coefficient (Wildman–Crippen LogP) is 3.03. The maximum absolute atomic E-state index is 12.1. The standard InChI is InChI=1S/C19H23BrN6O2S/c1-2-29(27,28)25-8-5-15(6-9-25)17-10-18(22-12-14-4-3-7-21-11-14)26-19(24-17)16(20)13-23-26/h3-4,7,10-11,13,15,22H,2,5-6,8-9,12H2,1H3. The Morgan fingerprint density at radius 1 is 1.28 bits per heavy atom. The van der Waals surface area contributed by atoms with Gasteiger partial charge in [0.05, 0.1) is 16.4 Å². The minimum atomic E-state index is -3.13. The second kappa shape index (κ2) is 8.37. The van der Waals surface area contributed by atoms with Crippen molar-refractivity contribution in [3.63, 3.8) is 0 Å². The van der Waals surface area contributed by atoms with E-state index in [9.17, 15) is 8.42 Å². The lowest BCUT2D eigenvalue weighted by Crippen LogP contribution is -2.38. The fourth-order valence-electron chi connectivity index (χ4n) is 3.60. The Balaban J connectivity index is 1.58. The van der Waals surface area contributed by atoms with Crippen molar-refractivity contribution in [1.29, 1.82) is 0 Å². The molecule has 0 radical (unpaired) electrons. The van der Waals surface area contributed by atoms with Crippen LogP contribution in [0.1, 0.15) is 36.9 Å². The average Bonchev–Trinajstić information content (AvgIpc) is 3.14. The quantitative estimate of drug-likeness (QED) is 0.585. The fraction of sp³-hybridized carbons (Fsp3) is 0.421. The van der Waals surface area contributed by atoms with E-state index < -0.39 is 10.0 Å². The topological polar surface area (TPSA) is 92.5 Å². The molecule has 0 aromatic carbocycles. The van der Waals surface area contributed by atoms with Gasteiger partial charge in [0.15, 0.2) is 5.65 Å². The van der Waals surface area contributed by atoms with E-state index in [0.717, 1.165) is 40.0 Å². The number of rotatable bonds is 6. The molecule has 0 saturated carbocycles. The molecule has 4 rings (SSSR count). The van der Waals surface area contributed by atoms with E-state index in [-0.39, 0.29) is 11.7 Å². The second-order valence-corrected chi connectivity index (χ2v) is 10.2. The van der Waals surface area contributed by atoms with Crippen LogP contribution in [0.4, 0.5) is 5.82 Å². The summed E-state index contributed by atoms with van der Waals surface area (Å²) in [6.07, 6.45) is 6.83. The first-order valence-electron chi connectivity index (χ1n) is 9.62. The Morgan fingerprint density at radius 2 is 2.07 bits per heavy atom. The number of anilines is 1. The van der Waals surface area contributed by atoms with Crippen molar-refractivity contribution < 1.29 is 8.42 Å². The van der Waals surface area contributed by atoms with Crippen LogP contribution in [0.25, 0.3) is 5.65 Å². The van der Waals surface area contributed by atoms with Crippen molar-refractivity contribution in [2.45, 2.75) is 32.2 Å². The molecule has 8 nitrogen and oxygen atoms in total. The van der Waals surface area contributed by atoms with E-state index >= 15 is 0 Å². The molecule has 1 aliphatic rings. The van der Waals surface area contributed by atoms with E-state index in [1.165, 1.54) is 0 Å². The Hall–Kier alpha value is -2.04. The summed E-state index contributed by atoms with van der Waals surface area (Å²) in [7, 11) is -3.13. The van der Waals surface area contributed by atoms with Crippen molar-refractivity contribution in [2.75, 3.05) is 24.2 Å². The molecule has 0 aliphatic carbocycles. The number of hydrogen-bond acceptors (Lipinski definition) is 6. The summed E-state index contributed by atoms with van der Waals surface area (Å²) in [6, 6.07) is 5.95. The number of aromatic nitrogens is 4. The highest BCUT2D eigenvalue weighted by atomic mass is 79.9. The zero-order valence-corrected chi connectivity index (χ0v) is 18.5. The number of pyridine rings is 1. The lowest BCUT2D eigenvalue weighted by molar-refractivity contribution is 0.317.